The van der Waals surface area contributed by atoms with E-state index < -0.39 is 10.0 Å². The summed E-state index contributed by atoms with van der Waals surface area (Å²) in [5.41, 5.74) is 5.14. The van der Waals surface area contributed by atoms with Gasteiger partial charge in [0.15, 0.2) is 0 Å². The molecule has 1 aromatic rings. The van der Waals surface area contributed by atoms with Gasteiger partial charge < -0.3 is 10.3 Å². The van der Waals surface area contributed by atoms with Gasteiger partial charge in [0.1, 0.15) is 5.15 Å². The van der Waals surface area contributed by atoms with Gasteiger partial charge in [-0.2, -0.15) is 0 Å². The van der Waals surface area contributed by atoms with Crippen molar-refractivity contribution in [3.63, 3.8) is 0 Å². The molecule has 0 bridgehead atoms. The molecule has 1 saturated heterocycles. The number of hydrogen-bond acceptors (Lipinski definition) is 5. The molecule has 0 aromatic carbocycles. The predicted octanol–water partition coefficient (Wildman–Crippen LogP) is -0.698. The summed E-state index contributed by atoms with van der Waals surface area (Å²) in [6.45, 7) is 1.43. The number of piperidine rings is 1. The van der Waals surface area contributed by atoms with E-state index >= 15 is 0 Å². The van der Waals surface area contributed by atoms with E-state index in [0.717, 1.165) is 0 Å². The van der Waals surface area contributed by atoms with Gasteiger partial charge in [0.25, 0.3) is 10.0 Å². The van der Waals surface area contributed by atoms with Gasteiger partial charge in [-0.15, -0.1) is 0 Å². The van der Waals surface area contributed by atoms with Crippen LogP contribution >= 0.6 is 11.6 Å². The monoisotopic (exact) mass is 335 g/mol. The molecule has 0 aliphatic carbocycles. The van der Waals surface area contributed by atoms with E-state index in [2.05, 4.69) is 9.71 Å². The van der Waals surface area contributed by atoms with Crippen molar-refractivity contribution in [2.45, 2.75) is 23.9 Å². The van der Waals surface area contributed by atoms with E-state index in [4.69, 9.17) is 17.3 Å². The number of aryl methyl sites for hydroxylation is 1. The van der Waals surface area contributed by atoms with Gasteiger partial charge in [-0.1, -0.05) is 11.6 Å². The highest BCUT2D eigenvalue weighted by atomic mass is 35.5. The molecule has 2 heterocycles. The number of aromatic nitrogens is 2. The second-order valence-corrected chi connectivity index (χ2v) is 7.08. The highest BCUT2D eigenvalue weighted by Gasteiger charge is 2.28. The fraction of sp³-hybridized carbons (Fsp3) is 0.636. The van der Waals surface area contributed by atoms with Crippen molar-refractivity contribution in [1.29, 1.82) is 0 Å². The Kier molecular flexibility index (Phi) is 4.87. The van der Waals surface area contributed by atoms with Crippen molar-refractivity contribution in [3.05, 3.63) is 11.5 Å². The molecule has 0 unspecified atom stereocenters. The van der Waals surface area contributed by atoms with Crippen molar-refractivity contribution in [3.8, 4) is 0 Å². The Labute approximate surface area is 128 Å². The molecule has 21 heavy (non-hydrogen) atoms. The smallest absolute Gasteiger partial charge is 0.261 e. The van der Waals surface area contributed by atoms with Gasteiger partial charge in [0, 0.05) is 26.2 Å². The number of imidazole rings is 1. The Balaban J connectivity index is 1.97. The van der Waals surface area contributed by atoms with Gasteiger partial charge in [-0.3, -0.25) is 9.69 Å². The van der Waals surface area contributed by atoms with Gasteiger partial charge in [-0.25, -0.2) is 18.1 Å². The highest BCUT2D eigenvalue weighted by molar-refractivity contribution is 7.89. The molecule has 1 aliphatic rings. The zero-order chi connectivity index (χ0) is 15.6. The maximum atomic E-state index is 12.2. The fourth-order valence-corrected chi connectivity index (χ4v) is 4.01. The number of rotatable bonds is 5. The highest BCUT2D eigenvalue weighted by Crippen LogP contribution is 2.20. The third-order valence-electron chi connectivity index (χ3n) is 3.38. The predicted molar refractivity (Wildman–Crippen MR) is 77.2 cm³/mol. The SMILES string of the molecule is Cn1cnc(S(=O)(=O)NC2CCN(CC(N)=O)CC2)c1Cl. The number of halogens is 1. The summed E-state index contributed by atoms with van der Waals surface area (Å²) in [5, 5.41) is -0.0834. The van der Waals surface area contributed by atoms with Gasteiger partial charge in [0.05, 0.1) is 12.9 Å². The Morgan fingerprint density at radius 3 is 2.62 bits per heavy atom. The first-order valence-corrected chi connectivity index (χ1v) is 8.35. The first-order valence-electron chi connectivity index (χ1n) is 6.49. The molecule has 1 aromatic heterocycles. The van der Waals surface area contributed by atoms with E-state index in [9.17, 15) is 13.2 Å². The largest absolute Gasteiger partial charge is 0.369 e. The summed E-state index contributed by atoms with van der Waals surface area (Å²) in [5.74, 6) is -0.380. The molecule has 118 valence electrons. The number of nitrogens with one attached hydrogen (secondary N) is 1. The lowest BCUT2D eigenvalue weighted by molar-refractivity contribution is -0.119. The van der Waals surface area contributed by atoms with Crippen LogP contribution in [0.3, 0.4) is 0 Å². The van der Waals surface area contributed by atoms with Crippen LogP contribution in [-0.4, -0.2) is 54.5 Å². The Hall–Kier alpha value is -1.16. The topological polar surface area (TPSA) is 110 Å². The molecule has 0 radical (unpaired) electrons. The first kappa shape index (κ1) is 16.2. The number of carbonyl (C=O) groups excluding carboxylic acids is 1. The van der Waals surface area contributed by atoms with E-state index in [-0.39, 0.29) is 28.7 Å². The van der Waals surface area contributed by atoms with E-state index in [1.54, 1.807) is 7.05 Å². The third-order valence-corrected chi connectivity index (χ3v) is 5.39. The van der Waals surface area contributed by atoms with Crippen LogP contribution in [0.2, 0.25) is 5.15 Å². The second-order valence-electron chi connectivity index (χ2n) is 5.09. The van der Waals surface area contributed by atoms with Crippen LogP contribution in [0.25, 0.3) is 0 Å². The number of sulfonamides is 1. The van der Waals surface area contributed by atoms with Crippen molar-refractivity contribution in [2.24, 2.45) is 12.8 Å². The summed E-state index contributed by atoms with van der Waals surface area (Å²) in [4.78, 5) is 16.6. The summed E-state index contributed by atoms with van der Waals surface area (Å²) in [6.07, 6.45) is 2.57. The van der Waals surface area contributed by atoms with Gasteiger partial charge in [-0.05, 0) is 12.8 Å². The average molecular weight is 336 g/mol. The van der Waals surface area contributed by atoms with Gasteiger partial charge in [0.2, 0.25) is 10.9 Å². The van der Waals surface area contributed by atoms with Crippen LogP contribution in [0.1, 0.15) is 12.8 Å². The molecule has 1 fully saturated rings. The third kappa shape index (κ3) is 3.94. The molecule has 10 heteroatoms. The lowest BCUT2D eigenvalue weighted by atomic mass is 10.1. The van der Waals surface area contributed by atoms with Crippen LogP contribution in [0, 0.1) is 0 Å². The minimum absolute atomic E-state index is 0.0775. The standard InChI is InChI=1S/C11H18ClN5O3S/c1-16-7-14-11(10(16)12)21(19,20)15-8-2-4-17(5-3-8)6-9(13)18/h7-8,15H,2-6H2,1H3,(H2,13,18). The summed E-state index contributed by atoms with van der Waals surface area (Å²) >= 11 is 5.91. The molecule has 1 amide bonds. The molecule has 8 nitrogen and oxygen atoms in total. The molecular formula is C11H18ClN5O3S. The molecule has 2 rings (SSSR count). The lowest BCUT2D eigenvalue weighted by Crippen LogP contribution is -2.46. The molecule has 3 N–H and O–H groups in total. The van der Waals surface area contributed by atoms with E-state index in [0.29, 0.717) is 25.9 Å². The average Bonchev–Trinajstić information content (AvgIpc) is 2.72. The maximum absolute atomic E-state index is 12.2. The number of likely N-dealkylation sites (tertiary alicyclic amines) is 1. The zero-order valence-electron chi connectivity index (χ0n) is 11.6. The Bertz CT molecular complexity index is 622. The number of carbonyl (C=O) groups is 1. The molecular weight excluding hydrogens is 318 g/mol. The van der Waals surface area contributed by atoms with Gasteiger partial charge >= 0.3 is 0 Å². The number of nitrogens with zero attached hydrogens (tertiary/aromatic N) is 3. The number of hydrogen-bond donors (Lipinski definition) is 2. The van der Waals surface area contributed by atoms with Crippen molar-refractivity contribution in [2.75, 3.05) is 19.6 Å². The van der Waals surface area contributed by atoms with Crippen LogP contribution in [0.5, 0.6) is 0 Å². The van der Waals surface area contributed by atoms with Crippen molar-refractivity contribution >= 4 is 27.5 Å². The number of amides is 1. The molecule has 0 atom stereocenters. The van der Waals surface area contributed by atoms with Crippen molar-refractivity contribution in [1.82, 2.24) is 19.2 Å². The summed E-state index contributed by atoms with van der Waals surface area (Å²) in [7, 11) is -2.11. The quantitative estimate of drug-likeness (QED) is 0.739. The normalized spacial score (nSPS) is 18.0. The van der Waals surface area contributed by atoms with Crippen LogP contribution in [-0.2, 0) is 21.9 Å². The lowest BCUT2D eigenvalue weighted by Gasteiger charge is -2.31. The van der Waals surface area contributed by atoms with Crippen molar-refractivity contribution < 1.29 is 13.2 Å². The maximum Gasteiger partial charge on any atom is 0.261 e. The summed E-state index contributed by atoms with van der Waals surface area (Å²) in [6, 6.07) is -0.197. The fourth-order valence-electron chi connectivity index (χ4n) is 2.28. The Morgan fingerprint density at radius 1 is 1.52 bits per heavy atom. The van der Waals surface area contributed by atoms with E-state index in [1.807, 2.05) is 4.90 Å². The first-order chi connectivity index (χ1) is 9.79. The van der Waals surface area contributed by atoms with Crippen LogP contribution < -0.4 is 10.5 Å². The van der Waals surface area contributed by atoms with Crippen LogP contribution in [0.15, 0.2) is 11.4 Å². The second kappa shape index (κ2) is 6.30. The minimum Gasteiger partial charge on any atom is -0.369 e. The zero-order valence-corrected chi connectivity index (χ0v) is 13.2. The molecule has 0 saturated carbocycles. The van der Waals surface area contributed by atoms with E-state index in [1.165, 1.54) is 10.9 Å². The molecule has 1 aliphatic heterocycles. The number of primary amides is 1. The minimum atomic E-state index is -3.73. The number of nitrogens with two attached hydrogens (primary N) is 1. The van der Waals surface area contributed by atoms with Crippen LogP contribution in [0.4, 0.5) is 0 Å². The summed E-state index contributed by atoms with van der Waals surface area (Å²) < 4.78 is 28.5. The molecule has 0 spiro atoms. The Morgan fingerprint density at radius 2 is 2.14 bits per heavy atom.